The van der Waals surface area contributed by atoms with Crippen molar-refractivity contribution in [3.63, 3.8) is 0 Å². The van der Waals surface area contributed by atoms with Crippen molar-refractivity contribution in [2.24, 2.45) is 5.92 Å². The molecule has 0 aliphatic carbocycles. The van der Waals surface area contributed by atoms with E-state index in [0.717, 1.165) is 30.8 Å². The minimum Gasteiger partial charge on any atom is -0.379 e. The molecule has 1 aromatic carbocycles. The Kier molecular flexibility index (Phi) is 3.65. The predicted octanol–water partition coefficient (Wildman–Crippen LogP) is 2.42. The molecule has 0 amide bonds. The fourth-order valence-electron chi connectivity index (χ4n) is 2.40. The molecule has 1 aromatic rings. The van der Waals surface area contributed by atoms with E-state index >= 15 is 0 Å². The second-order valence-electron chi connectivity index (χ2n) is 4.62. The van der Waals surface area contributed by atoms with Crippen LogP contribution in [-0.2, 0) is 4.74 Å². The van der Waals surface area contributed by atoms with Gasteiger partial charge in [-0.25, -0.2) is 0 Å². The van der Waals surface area contributed by atoms with Crippen LogP contribution < -0.4 is 4.90 Å². The van der Waals surface area contributed by atoms with E-state index in [0.29, 0.717) is 5.92 Å². The first-order valence-corrected chi connectivity index (χ1v) is 6.03. The number of hydrogen-bond donors (Lipinski definition) is 0. The van der Waals surface area contributed by atoms with Crippen LogP contribution in [0.4, 0.5) is 5.69 Å². The summed E-state index contributed by atoms with van der Waals surface area (Å²) in [5.41, 5.74) is 1.78. The van der Waals surface area contributed by atoms with Gasteiger partial charge in [0.2, 0.25) is 0 Å². The molecule has 0 saturated carbocycles. The zero-order chi connectivity index (χ0) is 12.3. The van der Waals surface area contributed by atoms with Gasteiger partial charge in [0.1, 0.15) is 6.07 Å². The largest absolute Gasteiger partial charge is 0.379 e. The number of rotatable bonds is 2. The zero-order valence-corrected chi connectivity index (χ0v) is 10.4. The summed E-state index contributed by atoms with van der Waals surface area (Å²) in [4.78, 5) is 2.26. The molecule has 0 spiro atoms. The number of nitrogens with zero attached hydrogens (tertiary/aromatic N) is 2. The number of anilines is 1. The Morgan fingerprint density at radius 2 is 2.18 bits per heavy atom. The summed E-state index contributed by atoms with van der Waals surface area (Å²) >= 11 is 0. The summed E-state index contributed by atoms with van der Waals surface area (Å²) in [6, 6.07) is 10.0. The van der Waals surface area contributed by atoms with Crippen LogP contribution in [0.15, 0.2) is 24.3 Å². The molecule has 1 aliphatic heterocycles. The molecule has 2 unspecified atom stereocenters. The molecule has 2 rings (SSSR count). The maximum atomic E-state index is 9.12. The van der Waals surface area contributed by atoms with Crippen LogP contribution in [0.5, 0.6) is 0 Å². The topological polar surface area (TPSA) is 36.3 Å². The van der Waals surface area contributed by atoms with Crippen molar-refractivity contribution in [2.45, 2.75) is 19.4 Å². The van der Waals surface area contributed by atoms with Crippen LogP contribution >= 0.6 is 0 Å². The molecule has 2 atom stereocenters. The van der Waals surface area contributed by atoms with Crippen LogP contribution in [0, 0.1) is 17.2 Å². The van der Waals surface area contributed by atoms with Crippen molar-refractivity contribution in [1.82, 2.24) is 0 Å². The van der Waals surface area contributed by atoms with Gasteiger partial charge in [0, 0.05) is 20.2 Å². The quantitative estimate of drug-likeness (QED) is 0.783. The van der Waals surface area contributed by atoms with E-state index in [1.807, 2.05) is 24.3 Å². The Morgan fingerprint density at radius 1 is 1.41 bits per heavy atom. The Bertz CT molecular complexity index is 424. The third-order valence-electron chi connectivity index (χ3n) is 3.56. The minimum atomic E-state index is 0.260. The number of nitriles is 1. The molecule has 0 aromatic heterocycles. The third kappa shape index (κ3) is 2.42. The Hall–Kier alpha value is -1.53. The lowest BCUT2D eigenvalue weighted by atomic mass is 9.95. The Balaban J connectivity index is 2.21. The number of para-hydroxylation sites is 1. The van der Waals surface area contributed by atoms with E-state index in [2.05, 4.69) is 17.9 Å². The van der Waals surface area contributed by atoms with Gasteiger partial charge in [-0.15, -0.1) is 0 Å². The molecular formula is C14H18N2O. The molecule has 17 heavy (non-hydrogen) atoms. The highest BCUT2D eigenvalue weighted by Gasteiger charge is 2.26. The highest BCUT2D eigenvalue weighted by Crippen LogP contribution is 2.26. The number of piperidine rings is 1. The lowest BCUT2D eigenvalue weighted by Crippen LogP contribution is -2.44. The average molecular weight is 230 g/mol. The van der Waals surface area contributed by atoms with Gasteiger partial charge in [0.25, 0.3) is 0 Å². The first-order chi connectivity index (χ1) is 8.26. The molecular weight excluding hydrogens is 212 g/mol. The predicted molar refractivity (Wildman–Crippen MR) is 67.9 cm³/mol. The summed E-state index contributed by atoms with van der Waals surface area (Å²) in [5.74, 6) is 0.588. The van der Waals surface area contributed by atoms with E-state index < -0.39 is 0 Å². The Labute approximate surface area is 103 Å². The number of methoxy groups -OCH3 is 1. The summed E-state index contributed by atoms with van der Waals surface area (Å²) in [6.45, 7) is 4.10. The van der Waals surface area contributed by atoms with E-state index in [4.69, 9.17) is 10.00 Å². The van der Waals surface area contributed by atoms with Gasteiger partial charge in [-0.1, -0.05) is 19.1 Å². The SMILES string of the molecule is COC1CN(c2ccccc2C#N)CCC1C. The molecule has 1 heterocycles. The van der Waals surface area contributed by atoms with Crippen LogP contribution in [0.2, 0.25) is 0 Å². The van der Waals surface area contributed by atoms with Gasteiger partial charge >= 0.3 is 0 Å². The molecule has 0 radical (unpaired) electrons. The summed E-state index contributed by atoms with van der Waals surface area (Å²) in [6.07, 6.45) is 1.37. The van der Waals surface area contributed by atoms with Crippen LogP contribution in [0.1, 0.15) is 18.9 Å². The van der Waals surface area contributed by atoms with E-state index in [9.17, 15) is 0 Å². The standard InChI is InChI=1S/C14H18N2O/c1-11-7-8-16(10-14(11)17-2)13-6-4-3-5-12(13)9-15/h3-6,11,14H,7-8,10H2,1-2H3. The molecule has 3 nitrogen and oxygen atoms in total. The van der Waals surface area contributed by atoms with Gasteiger partial charge in [-0.05, 0) is 24.5 Å². The lowest BCUT2D eigenvalue weighted by Gasteiger charge is -2.37. The van der Waals surface area contributed by atoms with Gasteiger partial charge in [0.05, 0.1) is 17.4 Å². The molecule has 0 bridgehead atoms. The van der Waals surface area contributed by atoms with Crippen molar-refractivity contribution >= 4 is 5.69 Å². The monoisotopic (exact) mass is 230 g/mol. The first-order valence-electron chi connectivity index (χ1n) is 6.03. The number of benzene rings is 1. The molecule has 1 saturated heterocycles. The van der Waals surface area contributed by atoms with Crippen LogP contribution in [0.25, 0.3) is 0 Å². The minimum absolute atomic E-state index is 0.260. The molecule has 3 heteroatoms. The van der Waals surface area contributed by atoms with Gasteiger partial charge < -0.3 is 9.64 Å². The normalized spacial score (nSPS) is 24.4. The number of hydrogen-bond acceptors (Lipinski definition) is 3. The van der Waals surface area contributed by atoms with Crippen molar-refractivity contribution in [3.05, 3.63) is 29.8 Å². The molecule has 1 aliphatic rings. The van der Waals surface area contributed by atoms with Crippen molar-refractivity contribution < 1.29 is 4.74 Å². The van der Waals surface area contributed by atoms with Gasteiger partial charge in [0.15, 0.2) is 0 Å². The molecule has 90 valence electrons. The third-order valence-corrected chi connectivity index (χ3v) is 3.56. The summed E-state index contributed by atoms with van der Waals surface area (Å²) in [7, 11) is 1.76. The van der Waals surface area contributed by atoms with Gasteiger partial charge in [-0.3, -0.25) is 0 Å². The fourth-order valence-corrected chi connectivity index (χ4v) is 2.40. The smallest absolute Gasteiger partial charge is 0.101 e. The highest BCUT2D eigenvalue weighted by molar-refractivity contribution is 5.59. The summed E-state index contributed by atoms with van der Waals surface area (Å²) < 4.78 is 5.50. The van der Waals surface area contributed by atoms with E-state index in [-0.39, 0.29) is 6.10 Å². The highest BCUT2D eigenvalue weighted by atomic mass is 16.5. The van der Waals surface area contributed by atoms with Gasteiger partial charge in [-0.2, -0.15) is 5.26 Å². The lowest BCUT2D eigenvalue weighted by molar-refractivity contribution is 0.0498. The maximum absolute atomic E-state index is 9.12. The van der Waals surface area contributed by atoms with Crippen LogP contribution in [-0.4, -0.2) is 26.3 Å². The average Bonchev–Trinajstić information content (AvgIpc) is 2.39. The van der Waals surface area contributed by atoms with Crippen molar-refractivity contribution in [3.8, 4) is 6.07 Å². The van der Waals surface area contributed by atoms with Crippen molar-refractivity contribution in [2.75, 3.05) is 25.1 Å². The second kappa shape index (κ2) is 5.20. The first kappa shape index (κ1) is 11.9. The second-order valence-corrected chi connectivity index (χ2v) is 4.62. The fraction of sp³-hybridized carbons (Fsp3) is 0.500. The molecule has 1 fully saturated rings. The zero-order valence-electron chi connectivity index (χ0n) is 10.4. The Morgan fingerprint density at radius 3 is 2.88 bits per heavy atom. The van der Waals surface area contributed by atoms with E-state index in [1.54, 1.807) is 7.11 Å². The van der Waals surface area contributed by atoms with Crippen molar-refractivity contribution in [1.29, 1.82) is 5.26 Å². The summed E-state index contributed by atoms with van der Waals surface area (Å²) in [5, 5.41) is 9.12. The molecule has 0 N–H and O–H groups in total. The number of ether oxygens (including phenoxy) is 1. The van der Waals surface area contributed by atoms with Crippen LogP contribution in [0.3, 0.4) is 0 Å². The van der Waals surface area contributed by atoms with E-state index in [1.165, 1.54) is 0 Å². The maximum Gasteiger partial charge on any atom is 0.101 e.